The predicted octanol–water partition coefficient (Wildman–Crippen LogP) is 4.01. The Bertz CT molecular complexity index is 1270. The van der Waals surface area contributed by atoms with E-state index in [0.29, 0.717) is 5.56 Å². The summed E-state index contributed by atoms with van der Waals surface area (Å²) in [5.74, 6) is -1.03. The molecule has 1 heterocycles. The molecule has 4 rings (SSSR count). The first-order valence-electron chi connectivity index (χ1n) is 11.4. The van der Waals surface area contributed by atoms with Gasteiger partial charge in [-0.3, -0.25) is 9.52 Å². The van der Waals surface area contributed by atoms with E-state index in [4.69, 9.17) is 4.74 Å². The van der Waals surface area contributed by atoms with Crippen molar-refractivity contribution >= 4 is 33.1 Å². The number of aliphatic carboxylic acids is 1. The number of anilines is 3. The minimum atomic E-state index is -3.87. The average Bonchev–Trinajstić information content (AvgIpc) is 2.88. The summed E-state index contributed by atoms with van der Waals surface area (Å²) in [4.78, 5) is 16.1. The number of nitrogens with one attached hydrogen (secondary N) is 1. The highest BCUT2D eigenvalue weighted by molar-refractivity contribution is 7.92. The Balaban J connectivity index is 1.42. The van der Waals surface area contributed by atoms with E-state index in [1.54, 1.807) is 43.5 Å². The SMILES string of the molecule is COc1ccc(N2CCN(c3ccc(S(=O)(=O)Nc4ccccc4[C@H](C)C(=O)O)cc3)CC2)cc1. The van der Waals surface area contributed by atoms with Crippen LogP contribution in [0.15, 0.2) is 77.7 Å². The van der Waals surface area contributed by atoms with Gasteiger partial charge in [0, 0.05) is 37.6 Å². The van der Waals surface area contributed by atoms with Gasteiger partial charge < -0.3 is 19.6 Å². The van der Waals surface area contributed by atoms with Crippen molar-refractivity contribution in [1.29, 1.82) is 0 Å². The van der Waals surface area contributed by atoms with Crippen LogP contribution in [0, 0.1) is 0 Å². The molecule has 0 radical (unpaired) electrons. The molecule has 0 aliphatic carbocycles. The van der Waals surface area contributed by atoms with E-state index in [2.05, 4.69) is 26.7 Å². The van der Waals surface area contributed by atoms with Gasteiger partial charge in [-0.15, -0.1) is 0 Å². The molecule has 0 bridgehead atoms. The molecule has 1 fully saturated rings. The van der Waals surface area contributed by atoms with E-state index in [9.17, 15) is 18.3 Å². The van der Waals surface area contributed by atoms with Crippen molar-refractivity contribution in [2.75, 3.05) is 47.8 Å². The maximum absolute atomic E-state index is 13.0. The van der Waals surface area contributed by atoms with E-state index < -0.39 is 21.9 Å². The number of hydrogen-bond acceptors (Lipinski definition) is 6. The molecule has 0 spiro atoms. The largest absolute Gasteiger partial charge is 0.497 e. The fourth-order valence-electron chi connectivity index (χ4n) is 4.16. The van der Waals surface area contributed by atoms with Gasteiger partial charge in [0.05, 0.1) is 23.6 Å². The Kier molecular flexibility index (Phi) is 7.16. The zero-order valence-corrected chi connectivity index (χ0v) is 20.5. The lowest BCUT2D eigenvalue weighted by atomic mass is 10.00. The number of nitrogens with zero attached hydrogens (tertiary/aromatic N) is 2. The van der Waals surface area contributed by atoms with Crippen LogP contribution in [0.5, 0.6) is 5.75 Å². The molecule has 9 heteroatoms. The molecule has 0 aromatic heterocycles. The number of carboxylic acids is 1. The summed E-state index contributed by atoms with van der Waals surface area (Å²) in [5.41, 5.74) is 2.78. The molecule has 1 saturated heterocycles. The quantitative estimate of drug-likeness (QED) is 0.487. The smallest absolute Gasteiger partial charge is 0.310 e. The highest BCUT2D eigenvalue weighted by Crippen LogP contribution is 2.28. The van der Waals surface area contributed by atoms with Crippen molar-refractivity contribution in [2.24, 2.45) is 0 Å². The number of carboxylic acid groups (broad SMARTS) is 1. The van der Waals surface area contributed by atoms with Gasteiger partial charge in [0.1, 0.15) is 5.75 Å². The number of rotatable bonds is 8. The van der Waals surface area contributed by atoms with Gasteiger partial charge >= 0.3 is 5.97 Å². The fraction of sp³-hybridized carbons (Fsp3) is 0.269. The second kappa shape index (κ2) is 10.3. The monoisotopic (exact) mass is 495 g/mol. The summed E-state index contributed by atoms with van der Waals surface area (Å²) in [7, 11) is -2.22. The molecular weight excluding hydrogens is 466 g/mol. The van der Waals surface area contributed by atoms with E-state index in [0.717, 1.165) is 43.3 Å². The summed E-state index contributed by atoms with van der Waals surface area (Å²) in [5, 5.41) is 9.34. The molecule has 35 heavy (non-hydrogen) atoms. The molecular formula is C26H29N3O5S. The zero-order chi connectivity index (χ0) is 25.0. The third kappa shape index (κ3) is 5.51. The van der Waals surface area contributed by atoms with Crippen LogP contribution in [0.1, 0.15) is 18.4 Å². The Morgan fingerprint density at radius 3 is 1.91 bits per heavy atom. The fourth-order valence-corrected chi connectivity index (χ4v) is 5.24. The van der Waals surface area contributed by atoms with Gasteiger partial charge in [0.2, 0.25) is 0 Å². The second-order valence-corrected chi connectivity index (χ2v) is 10.1. The van der Waals surface area contributed by atoms with Gasteiger partial charge in [-0.2, -0.15) is 0 Å². The first-order valence-corrected chi connectivity index (χ1v) is 12.9. The summed E-state index contributed by atoms with van der Waals surface area (Å²) in [6, 6.07) is 21.3. The molecule has 0 saturated carbocycles. The molecule has 8 nitrogen and oxygen atoms in total. The maximum Gasteiger partial charge on any atom is 0.310 e. The van der Waals surface area contributed by atoms with Crippen LogP contribution in [0.4, 0.5) is 17.1 Å². The number of para-hydroxylation sites is 1. The van der Waals surface area contributed by atoms with E-state index in [1.807, 2.05) is 24.3 Å². The predicted molar refractivity (Wildman–Crippen MR) is 137 cm³/mol. The zero-order valence-electron chi connectivity index (χ0n) is 19.7. The lowest BCUT2D eigenvalue weighted by molar-refractivity contribution is -0.138. The molecule has 1 atom stereocenters. The molecule has 3 aromatic rings. The number of benzene rings is 3. The van der Waals surface area contributed by atoms with Crippen LogP contribution in [-0.4, -0.2) is 52.8 Å². The normalized spacial score (nSPS) is 14.9. The highest BCUT2D eigenvalue weighted by Gasteiger charge is 2.22. The van der Waals surface area contributed by atoms with E-state index >= 15 is 0 Å². The first kappa shape index (κ1) is 24.4. The Hall–Kier alpha value is -3.72. The van der Waals surface area contributed by atoms with Crippen LogP contribution < -0.4 is 19.3 Å². The van der Waals surface area contributed by atoms with Crippen molar-refractivity contribution in [3.05, 3.63) is 78.4 Å². The number of methoxy groups -OCH3 is 1. The molecule has 0 unspecified atom stereocenters. The Morgan fingerprint density at radius 1 is 0.886 bits per heavy atom. The molecule has 2 N–H and O–H groups in total. The van der Waals surface area contributed by atoms with Crippen molar-refractivity contribution < 1.29 is 23.1 Å². The number of piperazine rings is 1. The lowest BCUT2D eigenvalue weighted by Crippen LogP contribution is -2.46. The number of carbonyl (C=O) groups is 1. The maximum atomic E-state index is 13.0. The number of hydrogen-bond donors (Lipinski definition) is 2. The summed E-state index contributed by atoms with van der Waals surface area (Å²) >= 11 is 0. The molecule has 1 aliphatic heterocycles. The third-order valence-corrected chi connectivity index (χ3v) is 7.65. The van der Waals surface area contributed by atoms with E-state index in [-0.39, 0.29) is 10.6 Å². The van der Waals surface area contributed by atoms with Gasteiger partial charge in [-0.1, -0.05) is 18.2 Å². The van der Waals surface area contributed by atoms with Gasteiger partial charge in [0.25, 0.3) is 10.0 Å². The van der Waals surface area contributed by atoms with Crippen LogP contribution in [-0.2, 0) is 14.8 Å². The summed E-state index contributed by atoms with van der Waals surface area (Å²) in [6.45, 7) is 4.87. The standard InChI is InChI=1S/C26H29N3O5S/c1-19(26(30)31)24-5-3-4-6-25(24)27-35(32,33)23-13-9-21(10-14-23)29-17-15-28(16-18-29)20-7-11-22(34-2)12-8-20/h3-14,19,27H,15-18H2,1-2H3,(H,30,31)/t19-/m0/s1. The van der Waals surface area contributed by atoms with Crippen LogP contribution in [0.25, 0.3) is 0 Å². The van der Waals surface area contributed by atoms with Crippen LogP contribution in [0.3, 0.4) is 0 Å². The topological polar surface area (TPSA) is 99.2 Å². The van der Waals surface area contributed by atoms with Gasteiger partial charge in [0.15, 0.2) is 0 Å². The first-order chi connectivity index (χ1) is 16.8. The van der Waals surface area contributed by atoms with Gasteiger partial charge in [-0.05, 0) is 67.1 Å². The number of sulfonamides is 1. The highest BCUT2D eigenvalue weighted by atomic mass is 32.2. The molecule has 184 valence electrons. The number of ether oxygens (including phenoxy) is 1. The minimum absolute atomic E-state index is 0.121. The summed E-state index contributed by atoms with van der Waals surface area (Å²) < 4.78 is 33.8. The van der Waals surface area contributed by atoms with Crippen molar-refractivity contribution in [2.45, 2.75) is 17.7 Å². The lowest BCUT2D eigenvalue weighted by Gasteiger charge is -2.37. The molecule has 1 aliphatic rings. The van der Waals surface area contributed by atoms with Crippen LogP contribution >= 0.6 is 0 Å². The minimum Gasteiger partial charge on any atom is -0.497 e. The second-order valence-electron chi connectivity index (χ2n) is 8.42. The average molecular weight is 496 g/mol. The summed E-state index contributed by atoms with van der Waals surface area (Å²) in [6.07, 6.45) is 0. The molecule has 0 amide bonds. The van der Waals surface area contributed by atoms with Crippen molar-refractivity contribution in [3.63, 3.8) is 0 Å². The van der Waals surface area contributed by atoms with Crippen molar-refractivity contribution in [1.82, 2.24) is 0 Å². The van der Waals surface area contributed by atoms with Crippen LogP contribution in [0.2, 0.25) is 0 Å². The Labute approximate surface area is 205 Å². The Morgan fingerprint density at radius 2 is 1.40 bits per heavy atom. The van der Waals surface area contributed by atoms with Crippen molar-refractivity contribution in [3.8, 4) is 5.75 Å². The third-order valence-electron chi connectivity index (χ3n) is 6.27. The van der Waals surface area contributed by atoms with Gasteiger partial charge in [-0.25, -0.2) is 8.42 Å². The molecule has 3 aromatic carbocycles. The van der Waals surface area contributed by atoms with E-state index in [1.165, 1.54) is 6.92 Å².